The third-order valence-corrected chi connectivity index (χ3v) is 3.13. The monoisotopic (exact) mass is 254 g/mol. The predicted octanol–water partition coefficient (Wildman–Crippen LogP) is 7.00. The van der Waals surface area contributed by atoms with Gasteiger partial charge in [-0.2, -0.15) is 0 Å². The lowest BCUT2D eigenvalue weighted by atomic mass is 10.2. The molecule has 0 heteroatoms. The molecular weight excluding hydrogens is 216 g/mol. The molecule has 2 saturated carbocycles. The zero-order valence-corrected chi connectivity index (χ0v) is 13.8. The Balaban J connectivity index is 0. The molecule has 0 amide bonds. The van der Waals surface area contributed by atoms with Crippen molar-refractivity contribution in [2.24, 2.45) is 11.8 Å². The van der Waals surface area contributed by atoms with Gasteiger partial charge in [0.15, 0.2) is 0 Å². The standard InChI is InChI=1S/C8H16.C5H10.C3H6.C2H6/c1-3-5-7-8-6-4-2;1-4-3-5(4)2;1-2-3-1;1-2/h3H,1,4-8H2,2H3;4-5H,3H2,1-2H3;1-3H2;1-2H3. The molecule has 0 nitrogen and oxygen atoms in total. The average molecular weight is 255 g/mol. The number of rotatable bonds is 5. The van der Waals surface area contributed by atoms with Crippen LogP contribution in [0.4, 0.5) is 0 Å². The first-order chi connectivity index (χ1) is 8.72. The van der Waals surface area contributed by atoms with Gasteiger partial charge in [-0.1, -0.05) is 79.2 Å². The Hall–Kier alpha value is -0.260. The maximum Gasteiger partial charge on any atom is -0.0353 e. The van der Waals surface area contributed by atoms with Crippen LogP contribution < -0.4 is 0 Å². The van der Waals surface area contributed by atoms with E-state index in [-0.39, 0.29) is 0 Å². The summed E-state index contributed by atoms with van der Waals surface area (Å²) in [7, 11) is 0. The zero-order chi connectivity index (χ0) is 14.2. The molecule has 2 aliphatic rings. The van der Waals surface area contributed by atoms with Crippen LogP contribution in [-0.2, 0) is 0 Å². The van der Waals surface area contributed by atoms with Gasteiger partial charge in [-0.3, -0.25) is 0 Å². The summed E-state index contributed by atoms with van der Waals surface area (Å²) >= 11 is 0. The maximum atomic E-state index is 3.66. The summed E-state index contributed by atoms with van der Waals surface area (Å²) in [6.07, 6.45) is 14.6. The van der Waals surface area contributed by atoms with E-state index in [0.717, 1.165) is 11.8 Å². The molecule has 0 radical (unpaired) electrons. The molecule has 18 heavy (non-hydrogen) atoms. The van der Waals surface area contributed by atoms with E-state index in [9.17, 15) is 0 Å². The predicted molar refractivity (Wildman–Crippen MR) is 87.1 cm³/mol. The van der Waals surface area contributed by atoms with Crippen molar-refractivity contribution in [1.82, 2.24) is 0 Å². The van der Waals surface area contributed by atoms with Crippen LogP contribution in [0, 0.1) is 11.8 Å². The van der Waals surface area contributed by atoms with Gasteiger partial charge in [-0.25, -0.2) is 0 Å². The summed E-state index contributed by atoms with van der Waals surface area (Å²) < 4.78 is 0. The molecule has 0 bridgehead atoms. The van der Waals surface area contributed by atoms with Crippen LogP contribution in [0.2, 0.25) is 0 Å². The van der Waals surface area contributed by atoms with E-state index in [4.69, 9.17) is 0 Å². The Morgan fingerprint density at radius 3 is 1.61 bits per heavy atom. The molecule has 2 aliphatic carbocycles. The Labute approximate surface area is 117 Å². The molecule has 2 atom stereocenters. The van der Waals surface area contributed by atoms with Gasteiger partial charge in [0.25, 0.3) is 0 Å². The van der Waals surface area contributed by atoms with Crippen LogP contribution >= 0.6 is 0 Å². The molecule has 0 aromatic rings. The molecule has 0 heterocycles. The van der Waals surface area contributed by atoms with Gasteiger partial charge >= 0.3 is 0 Å². The van der Waals surface area contributed by atoms with E-state index in [1.54, 1.807) is 0 Å². The first-order valence-electron chi connectivity index (χ1n) is 8.33. The molecule has 0 aromatic heterocycles. The summed E-state index contributed by atoms with van der Waals surface area (Å²) in [6.45, 7) is 14.5. The summed E-state index contributed by atoms with van der Waals surface area (Å²) in [5.41, 5.74) is 0. The molecule has 0 aromatic carbocycles. The Kier molecular flexibility index (Phi) is 18.7. The fraction of sp³-hybridized carbons (Fsp3) is 0.889. The molecule has 2 fully saturated rings. The second-order valence-corrected chi connectivity index (χ2v) is 5.39. The minimum Gasteiger partial charge on any atom is -0.103 e. The van der Waals surface area contributed by atoms with Crippen LogP contribution in [0.1, 0.15) is 92.4 Å². The molecular formula is C18H38. The van der Waals surface area contributed by atoms with E-state index in [1.165, 1.54) is 57.8 Å². The average Bonchev–Trinajstić information content (AvgIpc) is 3.29. The lowest BCUT2D eigenvalue weighted by Crippen LogP contribution is -1.71. The van der Waals surface area contributed by atoms with Gasteiger partial charge in [0.2, 0.25) is 0 Å². The van der Waals surface area contributed by atoms with Crippen molar-refractivity contribution in [2.45, 2.75) is 92.4 Å². The fourth-order valence-electron chi connectivity index (χ4n) is 1.22. The SMILES string of the molecule is C1CC1.C=CCCCCCC.CC.CC1CC1C. The van der Waals surface area contributed by atoms with Crippen LogP contribution in [-0.4, -0.2) is 0 Å². The first kappa shape index (κ1) is 20.1. The van der Waals surface area contributed by atoms with E-state index >= 15 is 0 Å². The van der Waals surface area contributed by atoms with Crippen LogP contribution in [0.25, 0.3) is 0 Å². The molecule has 0 saturated heterocycles. The third kappa shape index (κ3) is 24.8. The van der Waals surface area contributed by atoms with Crippen LogP contribution in [0.5, 0.6) is 0 Å². The lowest BCUT2D eigenvalue weighted by Gasteiger charge is -1.91. The number of hydrogen-bond acceptors (Lipinski definition) is 0. The van der Waals surface area contributed by atoms with Crippen molar-refractivity contribution < 1.29 is 0 Å². The van der Waals surface area contributed by atoms with Crippen LogP contribution in [0.3, 0.4) is 0 Å². The van der Waals surface area contributed by atoms with Crippen molar-refractivity contribution in [3.8, 4) is 0 Å². The summed E-state index contributed by atoms with van der Waals surface area (Å²) in [5.74, 6) is 2.10. The maximum absolute atomic E-state index is 3.66. The molecule has 0 aliphatic heterocycles. The molecule has 0 spiro atoms. The number of hydrogen-bond donors (Lipinski definition) is 0. The van der Waals surface area contributed by atoms with Crippen molar-refractivity contribution in [1.29, 1.82) is 0 Å². The van der Waals surface area contributed by atoms with Gasteiger partial charge in [-0.15, -0.1) is 6.58 Å². The Morgan fingerprint density at radius 2 is 1.39 bits per heavy atom. The second kappa shape index (κ2) is 16.7. The Bertz CT molecular complexity index is 137. The highest BCUT2D eigenvalue weighted by Crippen LogP contribution is 2.36. The molecule has 2 unspecified atom stereocenters. The van der Waals surface area contributed by atoms with Crippen molar-refractivity contribution in [3.63, 3.8) is 0 Å². The van der Waals surface area contributed by atoms with Crippen molar-refractivity contribution in [3.05, 3.63) is 12.7 Å². The van der Waals surface area contributed by atoms with E-state index in [2.05, 4.69) is 27.4 Å². The van der Waals surface area contributed by atoms with Crippen molar-refractivity contribution in [2.75, 3.05) is 0 Å². The van der Waals surface area contributed by atoms with Gasteiger partial charge < -0.3 is 0 Å². The number of allylic oxidation sites excluding steroid dienone is 1. The number of unbranched alkanes of at least 4 members (excludes halogenated alkanes) is 4. The normalized spacial score (nSPS) is 22.1. The van der Waals surface area contributed by atoms with Gasteiger partial charge in [-0.05, 0) is 31.1 Å². The highest BCUT2D eigenvalue weighted by molar-refractivity contribution is 4.76. The topological polar surface area (TPSA) is 0 Å². The smallest absolute Gasteiger partial charge is 0.0353 e. The van der Waals surface area contributed by atoms with Crippen LogP contribution in [0.15, 0.2) is 12.7 Å². The Morgan fingerprint density at radius 1 is 0.944 bits per heavy atom. The molecule has 110 valence electrons. The van der Waals surface area contributed by atoms with Crippen molar-refractivity contribution >= 4 is 0 Å². The first-order valence-corrected chi connectivity index (χ1v) is 8.33. The second-order valence-electron chi connectivity index (χ2n) is 5.39. The fourth-order valence-corrected chi connectivity index (χ4v) is 1.22. The van der Waals surface area contributed by atoms with E-state index < -0.39 is 0 Å². The zero-order valence-electron chi connectivity index (χ0n) is 13.8. The van der Waals surface area contributed by atoms with Gasteiger partial charge in [0.05, 0.1) is 0 Å². The van der Waals surface area contributed by atoms with Gasteiger partial charge in [0.1, 0.15) is 0 Å². The largest absolute Gasteiger partial charge is 0.103 e. The molecule has 2 rings (SSSR count). The minimum atomic E-state index is 1.05. The van der Waals surface area contributed by atoms with Gasteiger partial charge in [0, 0.05) is 0 Å². The highest BCUT2D eigenvalue weighted by Gasteiger charge is 2.26. The third-order valence-electron chi connectivity index (χ3n) is 3.13. The summed E-state index contributed by atoms with van der Waals surface area (Å²) in [5, 5.41) is 0. The highest BCUT2D eigenvalue weighted by atomic mass is 14.3. The summed E-state index contributed by atoms with van der Waals surface area (Å²) in [4.78, 5) is 0. The quantitative estimate of drug-likeness (QED) is 0.366. The van der Waals surface area contributed by atoms with E-state index in [1.807, 2.05) is 19.9 Å². The van der Waals surface area contributed by atoms with E-state index in [0.29, 0.717) is 0 Å². The lowest BCUT2D eigenvalue weighted by molar-refractivity contribution is 0.675. The minimum absolute atomic E-state index is 1.05. The summed E-state index contributed by atoms with van der Waals surface area (Å²) in [6, 6.07) is 0. The molecule has 0 N–H and O–H groups in total.